The number of aryl methyl sites for hydroxylation is 1. The lowest BCUT2D eigenvalue weighted by Crippen LogP contribution is -2.34. The van der Waals surface area contributed by atoms with Crippen molar-refractivity contribution in [3.8, 4) is 5.69 Å². The van der Waals surface area contributed by atoms with Crippen LogP contribution in [0, 0.1) is 6.92 Å². The molecule has 2 aromatic carbocycles. The van der Waals surface area contributed by atoms with E-state index in [2.05, 4.69) is 40.8 Å². The summed E-state index contributed by atoms with van der Waals surface area (Å²) in [6.45, 7) is 2.63. The van der Waals surface area contributed by atoms with E-state index < -0.39 is 0 Å². The molecular formula is C26H29ClN2OS. The van der Waals surface area contributed by atoms with Gasteiger partial charge in [-0.1, -0.05) is 23.7 Å². The molecule has 31 heavy (non-hydrogen) atoms. The van der Waals surface area contributed by atoms with E-state index in [9.17, 15) is 4.79 Å². The van der Waals surface area contributed by atoms with Gasteiger partial charge in [-0.25, -0.2) is 0 Å². The fourth-order valence-corrected chi connectivity index (χ4v) is 6.20. The molecule has 5 heteroatoms. The number of hydrogen-bond donors (Lipinski definition) is 0. The summed E-state index contributed by atoms with van der Waals surface area (Å²) in [4.78, 5) is 16.1. The quantitative estimate of drug-likeness (QED) is 0.393. The van der Waals surface area contributed by atoms with Crippen molar-refractivity contribution in [2.24, 2.45) is 0 Å². The van der Waals surface area contributed by atoms with Gasteiger partial charge in [0.05, 0.1) is 12.1 Å². The lowest BCUT2D eigenvalue weighted by atomic mass is 10.0. The number of rotatable bonds is 7. The Balaban J connectivity index is 1.59. The van der Waals surface area contributed by atoms with Gasteiger partial charge in [0, 0.05) is 39.4 Å². The third-order valence-corrected chi connectivity index (χ3v) is 8.02. The Kier molecular flexibility index (Phi) is 5.89. The van der Waals surface area contributed by atoms with E-state index in [1.165, 1.54) is 31.2 Å². The van der Waals surface area contributed by atoms with Crippen LogP contribution in [0.5, 0.6) is 0 Å². The zero-order chi connectivity index (χ0) is 21.5. The van der Waals surface area contributed by atoms with Crippen molar-refractivity contribution in [3.63, 3.8) is 0 Å². The molecule has 0 atom stereocenters. The molecule has 2 aliphatic rings. The molecule has 3 aromatic rings. The van der Waals surface area contributed by atoms with Crippen molar-refractivity contribution in [1.82, 2.24) is 9.47 Å². The second-order valence-electron chi connectivity index (χ2n) is 8.92. The summed E-state index contributed by atoms with van der Waals surface area (Å²) < 4.78 is 2.24. The van der Waals surface area contributed by atoms with Crippen LogP contribution in [0.3, 0.4) is 0 Å². The van der Waals surface area contributed by atoms with Gasteiger partial charge in [0.15, 0.2) is 5.78 Å². The molecule has 3 nitrogen and oxygen atoms in total. The van der Waals surface area contributed by atoms with E-state index in [1.54, 1.807) is 0 Å². The standard InChI is InChI=1S/C26H29ClN2OS/c1-17-26(25(30)16-28-20-8-9-21(28)11-10-20)23-12-3-18(13-14-31-2)15-24(23)29(17)22-6-4-19(27)5-7-22/h3-7,12,15,20-21H,8-11,13-14,16H2,1-2H3. The minimum absolute atomic E-state index is 0.255. The molecule has 0 amide bonds. The number of aromatic nitrogens is 1. The van der Waals surface area contributed by atoms with Crippen molar-refractivity contribution >= 4 is 40.0 Å². The number of carbonyl (C=O) groups excluding carboxylic acids is 1. The van der Waals surface area contributed by atoms with Crippen LogP contribution < -0.4 is 0 Å². The molecule has 0 unspecified atom stereocenters. The minimum Gasteiger partial charge on any atom is -0.313 e. The Bertz CT molecular complexity index is 1100. The van der Waals surface area contributed by atoms with E-state index >= 15 is 0 Å². The Hall–Kier alpha value is -1.75. The zero-order valence-corrected chi connectivity index (χ0v) is 19.8. The molecule has 2 bridgehead atoms. The molecule has 2 aliphatic heterocycles. The van der Waals surface area contributed by atoms with Gasteiger partial charge in [0.2, 0.25) is 0 Å². The third kappa shape index (κ3) is 3.83. The summed E-state index contributed by atoms with van der Waals surface area (Å²) in [6.07, 6.45) is 8.18. The van der Waals surface area contributed by atoms with E-state index in [1.807, 2.05) is 36.0 Å². The molecule has 0 radical (unpaired) electrons. The lowest BCUT2D eigenvalue weighted by molar-refractivity contribution is 0.0919. The predicted molar refractivity (Wildman–Crippen MR) is 132 cm³/mol. The van der Waals surface area contributed by atoms with Crippen molar-refractivity contribution in [2.75, 3.05) is 18.6 Å². The Morgan fingerprint density at radius 3 is 2.39 bits per heavy atom. The number of carbonyl (C=O) groups is 1. The minimum atomic E-state index is 0.255. The fourth-order valence-electron chi connectivity index (χ4n) is 5.63. The van der Waals surface area contributed by atoms with Crippen LogP contribution in [-0.4, -0.2) is 45.9 Å². The van der Waals surface area contributed by atoms with Gasteiger partial charge in [-0.2, -0.15) is 11.8 Å². The van der Waals surface area contributed by atoms with E-state index in [0.29, 0.717) is 18.6 Å². The van der Waals surface area contributed by atoms with Gasteiger partial charge in [0.25, 0.3) is 0 Å². The number of hydrogen-bond acceptors (Lipinski definition) is 3. The van der Waals surface area contributed by atoms with E-state index in [-0.39, 0.29) is 5.78 Å². The normalized spacial score (nSPS) is 20.7. The van der Waals surface area contributed by atoms with Crippen molar-refractivity contribution in [3.05, 3.63) is 64.3 Å². The molecule has 5 rings (SSSR count). The summed E-state index contributed by atoms with van der Waals surface area (Å²) in [7, 11) is 0. The number of halogens is 1. The van der Waals surface area contributed by atoms with Crippen molar-refractivity contribution in [1.29, 1.82) is 0 Å². The van der Waals surface area contributed by atoms with Gasteiger partial charge < -0.3 is 4.57 Å². The average Bonchev–Trinajstić information content (AvgIpc) is 3.42. The van der Waals surface area contributed by atoms with Gasteiger partial charge in [-0.05, 0) is 86.9 Å². The predicted octanol–water partition coefficient (Wildman–Crippen LogP) is 6.31. The van der Waals surface area contributed by atoms with Crippen LogP contribution in [0.25, 0.3) is 16.6 Å². The third-order valence-electron chi connectivity index (χ3n) is 7.16. The first kappa shape index (κ1) is 21.1. The van der Waals surface area contributed by atoms with Crippen LogP contribution >= 0.6 is 23.4 Å². The Morgan fingerprint density at radius 2 is 1.74 bits per heavy atom. The van der Waals surface area contributed by atoms with Crippen LogP contribution in [0.2, 0.25) is 5.02 Å². The fraction of sp³-hybridized carbons (Fsp3) is 0.423. The number of ketones is 1. The molecule has 2 saturated heterocycles. The maximum Gasteiger partial charge on any atom is 0.179 e. The van der Waals surface area contributed by atoms with Crippen LogP contribution in [0.4, 0.5) is 0 Å². The Labute approximate surface area is 193 Å². The molecule has 0 spiro atoms. The Morgan fingerprint density at radius 1 is 1.06 bits per heavy atom. The molecule has 0 N–H and O–H groups in total. The number of fused-ring (bicyclic) bond motifs is 3. The highest BCUT2D eigenvalue weighted by atomic mass is 35.5. The van der Waals surface area contributed by atoms with Crippen molar-refractivity contribution in [2.45, 2.75) is 51.1 Å². The van der Waals surface area contributed by atoms with Gasteiger partial charge in [-0.3, -0.25) is 9.69 Å². The maximum absolute atomic E-state index is 13.6. The van der Waals surface area contributed by atoms with Gasteiger partial charge in [0.1, 0.15) is 0 Å². The van der Waals surface area contributed by atoms with Gasteiger partial charge in [-0.15, -0.1) is 0 Å². The topological polar surface area (TPSA) is 25.2 Å². The molecule has 3 heterocycles. The molecule has 0 aliphatic carbocycles. The summed E-state index contributed by atoms with van der Waals surface area (Å²) in [5, 5.41) is 1.79. The first-order chi connectivity index (χ1) is 15.1. The van der Waals surface area contributed by atoms with Crippen LogP contribution in [-0.2, 0) is 6.42 Å². The zero-order valence-electron chi connectivity index (χ0n) is 18.2. The number of thioether (sulfide) groups is 1. The van der Waals surface area contributed by atoms with E-state index in [0.717, 1.165) is 45.0 Å². The lowest BCUT2D eigenvalue weighted by Gasteiger charge is -2.20. The second kappa shape index (κ2) is 8.65. The van der Waals surface area contributed by atoms with E-state index in [4.69, 9.17) is 11.6 Å². The molecule has 2 fully saturated rings. The molecule has 162 valence electrons. The smallest absolute Gasteiger partial charge is 0.179 e. The summed E-state index contributed by atoms with van der Waals surface area (Å²) in [5.74, 6) is 1.35. The first-order valence-corrected chi connectivity index (χ1v) is 13.0. The number of Topliss-reactive ketones (excluding diaryl/α,β-unsaturated/α-hetero) is 1. The number of benzene rings is 2. The summed E-state index contributed by atoms with van der Waals surface area (Å²) in [5.41, 5.74) is 5.38. The molecular weight excluding hydrogens is 424 g/mol. The second-order valence-corrected chi connectivity index (χ2v) is 10.3. The maximum atomic E-state index is 13.6. The van der Waals surface area contributed by atoms with Crippen molar-refractivity contribution < 1.29 is 4.79 Å². The first-order valence-electron chi connectivity index (χ1n) is 11.2. The SMILES string of the molecule is CSCCc1ccc2c(C(=O)CN3C4CCC3CC4)c(C)n(-c3ccc(Cl)cc3)c2c1. The number of nitrogens with zero attached hydrogens (tertiary/aromatic N) is 2. The average molecular weight is 453 g/mol. The highest BCUT2D eigenvalue weighted by Crippen LogP contribution is 2.38. The summed E-state index contributed by atoms with van der Waals surface area (Å²) >= 11 is 8.01. The summed E-state index contributed by atoms with van der Waals surface area (Å²) in [6, 6.07) is 15.8. The van der Waals surface area contributed by atoms with Gasteiger partial charge >= 0.3 is 0 Å². The van der Waals surface area contributed by atoms with Crippen LogP contribution in [0.15, 0.2) is 42.5 Å². The molecule has 0 saturated carbocycles. The monoisotopic (exact) mass is 452 g/mol. The largest absolute Gasteiger partial charge is 0.313 e. The van der Waals surface area contributed by atoms with Crippen LogP contribution in [0.1, 0.15) is 47.3 Å². The highest BCUT2D eigenvalue weighted by molar-refractivity contribution is 7.98. The molecule has 1 aromatic heterocycles. The highest BCUT2D eigenvalue weighted by Gasteiger charge is 2.40.